The van der Waals surface area contributed by atoms with Gasteiger partial charge in [-0.15, -0.1) is 0 Å². The first-order valence-corrected chi connectivity index (χ1v) is 9.90. The van der Waals surface area contributed by atoms with Gasteiger partial charge in [0.15, 0.2) is 0 Å². The Labute approximate surface area is 165 Å². The molecule has 0 saturated heterocycles. The van der Waals surface area contributed by atoms with E-state index in [1.165, 1.54) is 16.3 Å². The molecule has 0 amide bonds. The van der Waals surface area contributed by atoms with Crippen molar-refractivity contribution in [3.05, 3.63) is 87.9 Å². The number of benzene rings is 3. The van der Waals surface area contributed by atoms with Crippen molar-refractivity contribution < 1.29 is 9.90 Å². The summed E-state index contributed by atoms with van der Waals surface area (Å²) in [5.74, 6) is -0.308. The Morgan fingerprint density at radius 2 is 1.89 bits per heavy atom. The first-order chi connectivity index (χ1) is 13.1. The Balaban J connectivity index is 1.72. The first-order valence-electron chi connectivity index (χ1n) is 9.11. The fraction of sp³-hybridized carbons (Fsp3) is 0.174. The van der Waals surface area contributed by atoms with Crippen LogP contribution in [-0.2, 0) is 0 Å². The molecule has 134 valence electrons. The second-order valence-corrected chi connectivity index (χ2v) is 8.18. The Hall–Kier alpha value is -2.59. The molecule has 0 saturated carbocycles. The summed E-state index contributed by atoms with van der Waals surface area (Å²) < 4.78 is 0.808. The lowest BCUT2D eigenvalue weighted by Crippen LogP contribution is -2.30. The van der Waals surface area contributed by atoms with Crippen LogP contribution in [0.1, 0.15) is 39.9 Å². The predicted molar refractivity (Wildman–Crippen MR) is 111 cm³/mol. The third kappa shape index (κ3) is 2.59. The van der Waals surface area contributed by atoms with Crippen LogP contribution < -0.4 is 5.32 Å². The average molecular weight is 420 g/mol. The molecule has 1 aliphatic heterocycles. The van der Waals surface area contributed by atoms with Crippen LogP contribution in [-0.4, -0.2) is 11.1 Å². The van der Waals surface area contributed by atoms with Crippen LogP contribution in [0, 0.1) is 5.92 Å². The number of carboxylic acid groups (broad SMARTS) is 1. The predicted octanol–water partition coefficient (Wildman–Crippen LogP) is 6.13. The highest BCUT2D eigenvalue weighted by molar-refractivity contribution is 9.10. The fourth-order valence-electron chi connectivity index (χ4n) is 4.66. The maximum atomic E-state index is 11.9. The van der Waals surface area contributed by atoms with E-state index in [-0.39, 0.29) is 12.0 Å². The number of hydrogen-bond donors (Lipinski definition) is 2. The highest BCUT2D eigenvalue weighted by Gasteiger charge is 2.40. The zero-order valence-electron chi connectivity index (χ0n) is 14.5. The Bertz CT molecular complexity index is 1100. The highest BCUT2D eigenvalue weighted by Crippen LogP contribution is 2.52. The molecule has 27 heavy (non-hydrogen) atoms. The van der Waals surface area contributed by atoms with Gasteiger partial charge < -0.3 is 10.4 Å². The lowest BCUT2D eigenvalue weighted by molar-refractivity contribution is 0.0697. The molecule has 0 unspecified atom stereocenters. The number of halogens is 1. The molecular weight excluding hydrogens is 402 g/mol. The van der Waals surface area contributed by atoms with E-state index >= 15 is 0 Å². The second-order valence-electron chi connectivity index (χ2n) is 7.27. The lowest BCUT2D eigenvalue weighted by atomic mass is 9.75. The van der Waals surface area contributed by atoms with Crippen LogP contribution in [0.5, 0.6) is 0 Å². The number of carbonyl (C=O) groups is 1. The van der Waals surface area contributed by atoms with Crippen molar-refractivity contribution in [2.24, 2.45) is 5.92 Å². The number of carboxylic acids is 1. The van der Waals surface area contributed by atoms with E-state index in [0.717, 1.165) is 22.1 Å². The van der Waals surface area contributed by atoms with Crippen LogP contribution in [0.2, 0.25) is 0 Å². The van der Waals surface area contributed by atoms with Crippen molar-refractivity contribution in [2.45, 2.75) is 18.4 Å². The quantitative estimate of drug-likeness (QED) is 0.491. The van der Waals surface area contributed by atoms with Gasteiger partial charge in [0, 0.05) is 10.4 Å². The maximum absolute atomic E-state index is 11.9. The number of aromatic carboxylic acids is 1. The van der Waals surface area contributed by atoms with E-state index in [2.05, 4.69) is 81.9 Å². The van der Waals surface area contributed by atoms with Gasteiger partial charge in [0.05, 0.1) is 17.3 Å². The highest BCUT2D eigenvalue weighted by atomic mass is 79.9. The monoisotopic (exact) mass is 419 g/mol. The van der Waals surface area contributed by atoms with Crippen LogP contribution in [0.25, 0.3) is 10.8 Å². The number of rotatable bonds is 2. The van der Waals surface area contributed by atoms with Gasteiger partial charge in [0.1, 0.15) is 0 Å². The largest absolute Gasteiger partial charge is 0.478 e. The maximum Gasteiger partial charge on any atom is 0.337 e. The molecular formula is C23H18BrNO2. The van der Waals surface area contributed by atoms with Gasteiger partial charge in [0.25, 0.3) is 0 Å². The van der Waals surface area contributed by atoms with E-state index < -0.39 is 5.97 Å². The van der Waals surface area contributed by atoms with E-state index in [1.807, 2.05) is 0 Å². The SMILES string of the molecule is O=C(O)c1cc(Br)cc2c1N[C@@H](c1cccc3ccccc13)[C@H]1CC=C[C@@H]21. The molecule has 2 N–H and O–H groups in total. The molecule has 1 heterocycles. The molecule has 4 heteroatoms. The van der Waals surface area contributed by atoms with E-state index in [0.29, 0.717) is 11.5 Å². The van der Waals surface area contributed by atoms with E-state index in [9.17, 15) is 9.90 Å². The minimum atomic E-state index is -0.905. The molecule has 0 spiro atoms. The Morgan fingerprint density at radius 1 is 1.07 bits per heavy atom. The molecule has 2 aliphatic rings. The zero-order valence-corrected chi connectivity index (χ0v) is 16.1. The molecule has 1 aliphatic carbocycles. The summed E-state index contributed by atoms with van der Waals surface area (Å²) in [6.07, 6.45) is 5.45. The number of hydrogen-bond acceptors (Lipinski definition) is 2. The zero-order chi connectivity index (χ0) is 18.5. The van der Waals surface area contributed by atoms with Crippen molar-refractivity contribution >= 4 is 38.4 Å². The normalized spacial score (nSPS) is 22.9. The standard InChI is InChI=1S/C23H18BrNO2/c24-14-11-19-16-8-4-10-18(16)21(25-22(19)20(12-14)23(26)27)17-9-3-6-13-5-1-2-7-15(13)17/h1-9,11-12,16,18,21,25H,10H2,(H,26,27)/t16-,18+,21+/m1/s1. The van der Waals surface area contributed by atoms with Crippen molar-refractivity contribution in [3.8, 4) is 0 Å². The summed E-state index contributed by atoms with van der Waals surface area (Å²) in [5, 5.41) is 15.8. The number of anilines is 1. The van der Waals surface area contributed by atoms with Crippen LogP contribution in [0.4, 0.5) is 5.69 Å². The van der Waals surface area contributed by atoms with Gasteiger partial charge in [-0.25, -0.2) is 4.79 Å². The fourth-order valence-corrected chi connectivity index (χ4v) is 5.14. The van der Waals surface area contributed by atoms with Crippen molar-refractivity contribution in [1.29, 1.82) is 0 Å². The number of nitrogens with one attached hydrogen (secondary N) is 1. The molecule has 5 rings (SSSR count). The second kappa shape index (κ2) is 6.24. The third-order valence-electron chi connectivity index (χ3n) is 5.82. The van der Waals surface area contributed by atoms with E-state index in [1.54, 1.807) is 6.07 Å². The molecule has 0 fully saturated rings. The molecule has 3 aromatic rings. The number of allylic oxidation sites excluding steroid dienone is 2. The van der Waals surface area contributed by atoms with Gasteiger partial charge in [-0.2, -0.15) is 0 Å². The summed E-state index contributed by atoms with van der Waals surface area (Å²) in [6, 6.07) is 18.6. The molecule has 3 nitrogen and oxygen atoms in total. The average Bonchev–Trinajstić information content (AvgIpc) is 3.16. The molecule has 3 atom stereocenters. The summed E-state index contributed by atoms with van der Waals surface area (Å²) >= 11 is 3.48. The van der Waals surface area contributed by atoms with Crippen molar-refractivity contribution in [2.75, 3.05) is 5.32 Å². The van der Waals surface area contributed by atoms with Gasteiger partial charge in [-0.1, -0.05) is 70.5 Å². The minimum Gasteiger partial charge on any atom is -0.478 e. The summed E-state index contributed by atoms with van der Waals surface area (Å²) in [5.41, 5.74) is 3.37. The van der Waals surface area contributed by atoms with Crippen molar-refractivity contribution in [1.82, 2.24) is 0 Å². The smallest absolute Gasteiger partial charge is 0.337 e. The van der Waals surface area contributed by atoms with Gasteiger partial charge in [-0.3, -0.25) is 0 Å². The molecule has 0 bridgehead atoms. The lowest BCUT2D eigenvalue weighted by Gasteiger charge is -2.38. The first kappa shape index (κ1) is 16.6. The van der Waals surface area contributed by atoms with Crippen LogP contribution in [0.3, 0.4) is 0 Å². The molecule has 3 aromatic carbocycles. The van der Waals surface area contributed by atoms with E-state index in [4.69, 9.17) is 0 Å². The van der Waals surface area contributed by atoms with Gasteiger partial charge >= 0.3 is 5.97 Å². The number of fused-ring (bicyclic) bond motifs is 4. The molecule has 0 aromatic heterocycles. The Kier molecular flexibility index (Phi) is 3.83. The summed E-state index contributed by atoms with van der Waals surface area (Å²) in [4.78, 5) is 11.9. The minimum absolute atomic E-state index is 0.0721. The Morgan fingerprint density at radius 3 is 2.74 bits per heavy atom. The molecule has 0 radical (unpaired) electrons. The summed E-state index contributed by atoms with van der Waals surface area (Å²) in [7, 11) is 0. The van der Waals surface area contributed by atoms with Gasteiger partial charge in [0.2, 0.25) is 0 Å². The van der Waals surface area contributed by atoms with Crippen LogP contribution >= 0.6 is 15.9 Å². The third-order valence-corrected chi connectivity index (χ3v) is 6.28. The topological polar surface area (TPSA) is 49.3 Å². The van der Waals surface area contributed by atoms with Crippen LogP contribution in [0.15, 0.2) is 71.2 Å². The van der Waals surface area contributed by atoms with Crippen molar-refractivity contribution in [3.63, 3.8) is 0 Å². The van der Waals surface area contributed by atoms with Gasteiger partial charge in [-0.05, 0) is 46.4 Å². The summed E-state index contributed by atoms with van der Waals surface area (Å²) in [6.45, 7) is 0.